The van der Waals surface area contributed by atoms with Crippen LogP contribution in [0.3, 0.4) is 0 Å². The van der Waals surface area contributed by atoms with E-state index in [2.05, 4.69) is 58.7 Å². The molecule has 1 heterocycles. The first-order chi connectivity index (χ1) is 9.10. The summed E-state index contributed by atoms with van der Waals surface area (Å²) >= 11 is 3.62. The minimum Gasteiger partial charge on any atom is -0.314 e. The molecule has 4 heteroatoms. The normalized spacial score (nSPS) is 13.2. The summed E-state index contributed by atoms with van der Waals surface area (Å²) in [7, 11) is 0. The number of hydrogen-bond acceptors (Lipinski definition) is 2. The van der Waals surface area contributed by atoms with Gasteiger partial charge in [0.25, 0.3) is 0 Å². The SMILES string of the molecule is CCCNC(CCc1c(Br)cnn1CCC)C(C)C. The summed E-state index contributed by atoms with van der Waals surface area (Å²) in [5.74, 6) is 0.674. The first-order valence-electron chi connectivity index (χ1n) is 7.53. The van der Waals surface area contributed by atoms with Crippen LogP contribution in [0.2, 0.25) is 0 Å². The zero-order valence-corrected chi connectivity index (χ0v) is 14.3. The van der Waals surface area contributed by atoms with Crippen molar-refractivity contribution in [2.45, 2.75) is 66.0 Å². The fourth-order valence-electron chi connectivity index (χ4n) is 2.33. The highest BCUT2D eigenvalue weighted by Crippen LogP contribution is 2.20. The Bertz CT molecular complexity index is 360. The summed E-state index contributed by atoms with van der Waals surface area (Å²) in [4.78, 5) is 0. The Labute approximate surface area is 126 Å². The fourth-order valence-corrected chi connectivity index (χ4v) is 2.83. The van der Waals surface area contributed by atoms with Gasteiger partial charge in [-0.15, -0.1) is 0 Å². The number of nitrogens with one attached hydrogen (secondary N) is 1. The van der Waals surface area contributed by atoms with Gasteiger partial charge in [0.15, 0.2) is 0 Å². The molecule has 0 saturated carbocycles. The van der Waals surface area contributed by atoms with Crippen molar-refractivity contribution in [2.75, 3.05) is 6.54 Å². The van der Waals surface area contributed by atoms with Crippen molar-refractivity contribution in [1.29, 1.82) is 0 Å². The zero-order chi connectivity index (χ0) is 14.3. The van der Waals surface area contributed by atoms with E-state index in [1.807, 2.05) is 6.20 Å². The van der Waals surface area contributed by atoms with Crippen LogP contribution < -0.4 is 5.32 Å². The molecular weight excluding hydrogens is 302 g/mol. The molecule has 0 amide bonds. The molecule has 0 saturated heterocycles. The van der Waals surface area contributed by atoms with E-state index in [0.717, 1.165) is 30.4 Å². The Kier molecular flexibility index (Phi) is 7.69. The van der Waals surface area contributed by atoms with Crippen molar-refractivity contribution >= 4 is 15.9 Å². The lowest BCUT2D eigenvalue weighted by Gasteiger charge is -2.22. The smallest absolute Gasteiger partial charge is 0.0635 e. The molecule has 0 fully saturated rings. The van der Waals surface area contributed by atoms with Crippen molar-refractivity contribution in [3.05, 3.63) is 16.4 Å². The van der Waals surface area contributed by atoms with Crippen molar-refractivity contribution in [3.8, 4) is 0 Å². The Morgan fingerprint density at radius 3 is 2.63 bits per heavy atom. The lowest BCUT2D eigenvalue weighted by molar-refractivity contribution is 0.374. The van der Waals surface area contributed by atoms with Gasteiger partial charge in [0.2, 0.25) is 0 Å². The number of halogens is 1. The molecule has 0 aliphatic heterocycles. The topological polar surface area (TPSA) is 29.9 Å². The summed E-state index contributed by atoms with van der Waals surface area (Å²) in [6, 6.07) is 0.594. The molecule has 110 valence electrons. The van der Waals surface area contributed by atoms with Crippen LogP contribution in [0.4, 0.5) is 0 Å². The average Bonchev–Trinajstić information content (AvgIpc) is 2.71. The van der Waals surface area contributed by atoms with Gasteiger partial charge in [0.05, 0.1) is 16.4 Å². The molecule has 1 aromatic rings. The number of aryl methyl sites for hydroxylation is 1. The van der Waals surface area contributed by atoms with Crippen LogP contribution in [-0.4, -0.2) is 22.4 Å². The third kappa shape index (κ3) is 5.27. The number of rotatable bonds is 9. The van der Waals surface area contributed by atoms with Gasteiger partial charge < -0.3 is 5.32 Å². The molecule has 1 rings (SSSR count). The summed E-state index contributed by atoms with van der Waals surface area (Å²) < 4.78 is 3.29. The molecule has 19 heavy (non-hydrogen) atoms. The molecule has 0 aromatic carbocycles. The van der Waals surface area contributed by atoms with Gasteiger partial charge in [-0.3, -0.25) is 4.68 Å². The maximum Gasteiger partial charge on any atom is 0.0635 e. The molecule has 0 spiro atoms. The Morgan fingerprint density at radius 1 is 1.32 bits per heavy atom. The Hall–Kier alpha value is -0.350. The molecular formula is C15H28BrN3. The van der Waals surface area contributed by atoms with Crippen LogP contribution in [-0.2, 0) is 13.0 Å². The molecule has 0 aliphatic rings. The van der Waals surface area contributed by atoms with Crippen LogP contribution in [0.1, 0.15) is 52.7 Å². The first-order valence-corrected chi connectivity index (χ1v) is 8.32. The second kappa shape index (κ2) is 8.75. The lowest BCUT2D eigenvalue weighted by atomic mass is 9.98. The molecule has 0 radical (unpaired) electrons. The Morgan fingerprint density at radius 2 is 2.05 bits per heavy atom. The van der Waals surface area contributed by atoms with Gasteiger partial charge in [-0.2, -0.15) is 5.10 Å². The van der Waals surface area contributed by atoms with E-state index in [4.69, 9.17) is 0 Å². The van der Waals surface area contributed by atoms with Crippen molar-refractivity contribution in [3.63, 3.8) is 0 Å². The zero-order valence-electron chi connectivity index (χ0n) is 12.7. The number of aromatic nitrogens is 2. The number of nitrogens with zero attached hydrogens (tertiary/aromatic N) is 2. The van der Waals surface area contributed by atoms with Gasteiger partial charge in [-0.25, -0.2) is 0 Å². The molecule has 1 atom stereocenters. The highest BCUT2D eigenvalue weighted by molar-refractivity contribution is 9.10. The van der Waals surface area contributed by atoms with Crippen LogP contribution in [0.15, 0.2) is 10.7 Å². The first kappa shape index (κ1) is 16.7. The Balaban J connectivity index is 2.60. The standard InChI is InChI=1S/C15H28BrN3/c1-5-9-17-14(12(3)4)7-8-15-13(16)11-18-19(15)10-6-2/h11-12,14,17H,5-10H2,1-4H3. The average molecular weight is 330 g/mol. The van der Waals surface area contributed by atoms with Crippen LogP contribution in [0.25, 0.3) is 0 Å². The van der Waals surface area contributed by atoms with Crippen LogP contribution in [0.5, 0.6) is 0 Å². The molecule has 0 bridgehead atoms. The summed E-state index contributed by atoms with van der Waals surface area (Å²) in [5, 5.41) is 8.10. The van der Waals surface area contributed by atoms with Crippen molar-refractivity contribution in [1.82, 2.24) is 15.1 Å². The van der Waals surface area contributed by atoms with Crippen molar-refractivity contribution in [2.24, 2.45) is 5.92 Å². The van der Waals surface area contributed by atoms with Gasteiger partial charge in [-0.1, -0.05) is 27.7 Å². The highest BCUT2D eigenvalue weighted by Gasteiger charge is 2.15. The van der Waals surface area contributed by atoms with E-state index >= 15 is 0 Å². The van der Waals surface area contributed by atoms with Crippen molar-refractivity contribution < 1.29 is 0 Å². The molecule has 1 N–H and O–H groups in total. The quantitative estimate of drug-likeness (QED) is 0.741. The van der Waals surface area contributed by atoms with E-state index in [0.29, 0.717) is 12.0 Å². The van der Waals surface area contributed by atoms with E-state index in [9.17, 15) is 0 Å². The van der Waals surface area contributed by atoms with Gasteiger partial charge in [-0.05, 0) is 54.1 Å². The third-order valence-corrected chi connectivity index (χ3v) is 4.15. The molecule has 0 aliphatic carbocycles. The third-order valence-electron chi connectivity index (χ3n) is 3.49. The molecule has 1 aromatic heterocycles. The maximum atomic E-state index is 4.44. The van der Waals surface area contributed by atoms with E-state index < -0.39 is 0 Å². The van der Waals surface area contributed by atoms with Gasteiger partial charge >= 0.3 is 0 Å². The van der Waals surface area contributed by atoms with Gasteiger partial charge in [0, 0.05) is 12.6 Å². The number of hydrogen-bond donors (Lipinski definition) is 1. The van der Waals surface area contributed by atoms with E-state index in [1.54, 1.807) is 0 Å². The predicted molar refractivity (Wildman–Crippen MR) is 85.5 cm³/mol. The second-order valence-corrected chi connectivity index (χ2v) is 6.36. The monoisotopic (exact) mass is 329 g/mol. The fraction of sp³-hybridized carbons (Fsp3) is 0.800. The second-order valence-electron chi connectivity index (χ2n) is 5.51. The lowest BCUT2D eigenvalue weighted by Crippen LogP contribution is -2.35. The minimum atomic E-state index is 0.594. The summed E-state index contributed by atoms with van der Waals surface area (Å²) in [6.07, 6.45) is 6.50. The minimum absolute atomic E-state index is 0.594. The molecule has 1 unspecified atom stereocenters. The van der Waals surface area contributed by atoms with Crippen LogP contribution in [0, 0.1) is 5.92 Å². The van der Waals surface area contributed by atoms with E-state index in [-0.39, 0.29) is 0 Å². The maximum absolute atomic E-state index is 4.44. The summed E-state index contributed by atoms with van der Waals surface area (Å²) in [6.45, 7) is 11.1. The molecule has 3 nitrogen and oxygen atoms in total. The van der Waals surface area contributed by atoms with Crippen LogP contribution >= 0.6 is 15.9 Å². The van der Waals surface area contributed by atoms with Gasteiger partial charge in [0.1, 0.15) is 0 Å². The summed E-state index contributed by atoms with van der Waals surface area (Å²) in [5.41, 5.74) is 1.34. The predicted octanol–water partition coefficient (Wildman–Crippen LogP) is 4.01. The largest absolute Gasteiger partial charge is 0.314 e. The van der Waals surface area contributed by atoms with E-state index in [1.165, 1.54) is 18.5 Å². The highest BCUT2D eigenvalue weighted by atomic mass is 79.9.